The molecule has 0 saturated heterocycles. The summed E-state index contributed by atoms with van der Waals surface area (Å²) in [5.41, 5.74) is 6.37. The molecule has 0 bridgehead atoms. The molecule has 1 aromatic heterocycles. The Morgan fingerprint density at radius 2 is 1.33 bits per heavy atom. The van der Waals surface area contributed by atoms with Crippen molar-refractivity contribution in [1.82, 2.24) is 0 Å². The van der Waals surface area contributed by atoms with Crippen LogP contribution in [0.5, 0.6) is 0 Å². The maximum atomic E-state index is 9.17. The van der Waals surface area contributed by atoms with Gasteiger partial charge in [-0.1, -0.05) is 94.3 Å². The van der Waals surface area contributed by atoms with Crippen LogP contribution in [-0.2, 0) is 0 Å². The molecule has 3 nitrogen and oxygen atoms in total. The number of rotatable bonds is 10. The van der Waals surface area contributed by atoms with Crippen molar-refractivity contribution in [2.24, 2.45) is 0 Å². The molecule has 2 aromatic carbocycles. The van der Waals surface area contributed by atoms with Crippen LogP contribution in [0.1, 0.15) is 69.4 Å². The lowest BCUT2D eigenvalue weighted by molar-refractivity contribution is 0.577. The van der Waals surface area contributed by atoms with Gasteiger partial charge < -0.3 is 4.90 Å². The Labute approximate surface area is 218 Å². The zero-order valence-corrected chi connectivity index (χ0v) is 21.9. The molecule has 0 atom stereocenters. The van der Waals surface area contributed by atoms with Crippen LogP contribution in [0.4, 0.5) is 11.4 Å². The monoisotopic (exact) mass is 491 g/mol. The van der Waals surface area contributed by atoms with Gasteiger partial charge in [-0.05, 0) is 42.3 Å². The number of unbranched alkanes of at least 4 members (excludes halogenated alkanes) is 7. The SMILES string of the molecule is CCCCCCCCCCN1c2ccccc2C(=C/C=c2\ccc(=C(C#N)C#N)s2)c2ccccc21. The Kier molecular flexibility index (Phi) is 9.15. The van der Waals surface area contributed by atoms with Gasteiger partial charge in [0.2, 0.25) is 0 Å². The quantitative estimate of drug-likeness (QED) is 0.277. The van der Waals surface area contributed by atoms with Crippen LogP contribution < -0.4 is 14.0 Å². The van der Waals surface area contributed by atoms with E-state index in [2.05, 4.69) is 72.5 Å². The predicted molar refractivity (Wildman–Crippen MR) is 152 cm³/mol. The van der Waals surface area contributed by atoms with Crippen LogP contribution in [0, 0.1) is 22.7 Å². The Hall–Kier alpha value is -3.60. The number of anilines is 2. The van der Waals surface area contributed by atoms with Crippen molar-refractivity contribution >= 4 is 39.9 Å². The van der Waals surface area contributed by atoms with Crippen molar-refractivity contribution in [3.63, 3.8) is 0 Å². The highest BCUT2D eigenvalue weighted by molar-refractivity contribution is 7.07. The summed E-state index contributed by atoms with van der Waals surface area (Å²) in [6, 6.07) is 25.2. The summed E-state index contributed by atoms with van der Waals surface area (Å²) in [6.45, 7) is 3.29. The number of thiophene rings is 1. The molecule has 1 aliphatic heterocycles. The minimum Gasteiger partial charge on any atom is -0.340 e. The Bertz CT molecular complexity index is 1350. The van der Waals surface area contributed by atoms with E-state index < -0.39 is 0 Å². The summed E-state index contributed by atoms with van der Waals surface area (Å²) < 4.78 is 1.74. The number of nitrogens with zero attached hydrogens (tertiary/aromatic N) is 3. The Morgan fingerprint density at radius 3 is 1.94 bits per heavy atom. The van der Waals surface area contributed by atoms with E-state index >= 15 is 0 Å². The molecular weight excluding hydrogens is 458 g/mol. The van der Waals surface area contributed by atoms with Crippen molar-refractivity contribution in [2.75, 3.05) is 11.4 Å². The first-order valence-corrected chi connectivity index (χ1v) is 13.9. The first-order valence-electron chi connectivity index (χ1n) is 13.1. The van der Waals surface area contributed by atoms with Crippen LogP contribution in [0.2, 0.25) is 0 Å². The van der Waals surface area contributed by atoms with Crippen molar-refractivity contribution in [2.45, 2.75) is 58.3 Å². The number of allylic oxidation sites excluding steroid dienone is 1. The van der Waals surface area contributed by atoms with Gasteiger partial charge in [-0.25, -0.2) is 0 Å². The molecule has 0 spiro atoms. The number of nitriles is 2. The molecule has 4 heteroatoms. The van der Waals surface area contributed by atoms with Gasteiger partial charge in [-0.15, -0.1) is 11.3 Å². The fourth-order valence-electron chi connectivity index (χ4n) is 4.85. The highest BCUT2D eigenvalue weighted by Crippen LogP contribution is 2.44. The zero-order valence-electron chi connectivity index (χ0n) is 21.0. The third kappa shape index (κ3) is 5.96. The molecular formula is C32H33N3S. The molecule has 0 unspecified atom stereocenters. The van der Waals surface area contributed by atoms with Gasteiger partial charge in [-0.2, -0.15) is 10.5 Å². The summed E-state index contributed by atoms with van der Waals surface area (Å²) in [6.07, 6.45) is 14.8. The highest BCUT2D eigenvalue weighted by Gasteiger charge is 2.25. The average molecular weight is 492 g/mol. The molecule has 2 heterocycles. The molecule has 0 fully saturated rings. The van der Waals surface area contributed by atoms with Gasteiger partial charge in [0.25, 0.3) is 0 Å². The van der Waals surface area contributed by atoms with E-state index in [4.69, 9.17) is 0 Å². The second kappa shape index (κ2) is 12.9. The minimum atomic E-state index is 0.164. The number of benzene rings is 2. The van der Waals surface area contributed by atoms with E-state index in [0.717, 1.165) is 11.1 Å². The van der Waals surface area contributed by atoms with Gasteiger partial charge >= 0.3 is 0 Å². The fraction of sp³-hybridized carbons (Fsp3) is 0.312. The van der Waals surface area contributed by atoms with Gasteiger partial charge in [0, 0.05) is 33.6 Å². The molecule has 0 amide bonds. The molecule has 4 rings (SSSR count). The van der Waals surface area contributed by atoms with Crippen LogP contribution in [-0.4, -0.2) is 6.54 Å². The van der Waals surface area contributed by atoms with Gasteiger partial charge in [0.15, 0.2) is 0 Å². The molecule has 1 aliphatic rings. The topological polar surface area (TPSA) is 50.8 Å². The van der Waals surface area contributed by atoms with E-state index in [1.807, 2.05) is 24.3 Å². The largest absolute Gasteiger partial charge is 0.340 e. The maximum absolute atomic E-state index is 9.17. The Morgan fingerprint density at radius 1 is 0.750 bits per heavy atom. The van der Waals surface area contributed by atoms with Gasteiger partial charge in [0.1, 0.15) is 17.7 Å². The molecule has 0 saturated carbocycles. The van der Waals surface area contributed by atoms with Crippen LogP contribution in [0.15, 0.2) is 66.7 Å². The van der Waals surface area contributed by atoms with Crippen molar-refractivity contribution in [3.05, 3.63) is 86.9 Å². The predicted octanol–water partition coefficient (Wildman–Crippen LogP) is 7.45. The van der Waals surface area contributed by atoms with Crippen molar-refractivity contribution in [1.29, 1.82) is 10.5 Å². The third-order valence-corrected chi connectivity index (χ3v) is 7.78. The van der Waals surface area contributed by atoms with Crippen molar-refractivity contribution < 1.29 is 0 Å². The van der Waals surface area contributed by atoms with Crippen molar-refractivity contribution in [3.8, 4) is 12.1 Å². The summed E-state index contributed by atoms with van der Waals surface area (Å²) in [5, 5.41) is 18.3. The van der Waals surface area contributed by atoms with E-state index in [1.165, 1.54) is 90.8 Å². The smallest absolute Gasteiger partial charge is 0.146 e. The van der Waals surface area contributed by atoms with Gasteiger partial charge in [-0.3, -0.25) is 0 Å². The van der Waals surface area contributed by atoms with E-state index in [1.54, 1.807) is 0 Å². The molecule has 182 valence electrons. The first kappa shape index (κ1) is 25.5. The standard InChI is InChI=1S/C32H33N3S/c1-2-3-4-5-6-7-8-13-22-35-30-16-11-9-14-28(30)27(29-15-10-12-17-31(29)35)20-18-26-19-21-32(36-26)25(23-33)24-34/h9-12,14-21H,2-8,13,22H2,1H3/b26-18+. The second-order valence-electron chi connectivity index (χ2n) is 9.21. The summed E-state index contributed by atoms with van der Waals surface area (Å²) in [5.74, 6) is 0. The summed E-state index contributed by atoms with van der Waals surface area (Å²) in [7, 11) is 0. The lowest BCUT2D eigenvalue weighted by Gasteiger charge is -2.34. The molecule has 0 aliphatic carbocycles. The summed E-state index contributed by atoms with van der Waals surface area (Å²) in [4.78, 5) is 2.49. The van der Waals surface area contributed by atoms with E-state index in [-0.39, 0.29) is 5.57 Å². The molecule has 0 radical (unpaired) electrons. The highest BCUT2D eigenvalue weighted by atomic mass is 32.1. The molecule has 36 heavy (non-hydrogen) atoms. The lowest BCUT2D eigenvalue weighted by atomic mass is 9.89. The van der Waals surface area contributed by atoms with E-state index in [9.17, 15) is 10.5 Å². The zero-order chi connectivity index (χ0) is 25.2. The number of para-hydroxylation sites is 2. The second-order valence-corrected chi connectivity index (χ2v) is 10.3. The molecule has 3 aromatic rings. The minimum absolute atomic E-state index is 0.164. The average Bonchev–Trinajstić information content (AvgIpc) is 3.38. The first-order chi connectivity index (χ1) is 17.8. The number of fused-ring (bicyclic) bond motifs is 2. The van der Waals surface area contributed by atoms with E-state index in [0.29, 0.717) is 4.53 Å². The van der Waals surface area contributed by atoms with Crippen LogP contribution in [0.25, 0.3) is 17.2 Å². The van der Waals surface area contributed by atoms with Gasteiger partial charge in [0.05, 0.1) is 4.53 Å². The maximum Gasteiger partial charge on any atom is 0.146 e. The Balaban J connectivity index is 1.59. The molecule has 0 N–H and O–H groups in total. The fourth-order valence-corrected chi connectivity index (χ4v) is 5.71. The summed E-state index contributed by atoms with van der Waals surface area (Å²) >= 11 is 1.47. The lowest BCUT2D eigenvalue weighted by Crippen LogP contribution is -2.24. The number of hydrogen-bond donors (Lipinski definition) is 0. The normalized spacial score (nSPS) is 12.5. The van der Waals surface area contributed by atoms with Crippen LogP contribution >= 0.6 is 11.3 Å². The van der Waals surface area contributed by atoms with Crippen LogP contribution in [0.3, 0.4) is 0 Å². The number of hydrogen-bond acceptors (Lipinski definition) is 4. The third-order valence-electron chi connectivity index (χ3n) is 6.72.